The first-order chi connectivity index (χ1) is 6.20. The lowest BCUT2D eigenvalue weighted by atomic mass is 9.99. The molecule has 1 nitrogen and oxygen atoms in total. The molecule has 0 aliphatic heterocycles. The van der Waals surface area contributed by atoms with Crippen LogP contribution in [0.5, 0.6) is 0 Å². The molecule has 1 unspecified atom stereocenters. The third-order valence-electron chi connectivity index (χ3n) is 2.40. The Hall–Kier alpha value is -0.340. The van der Waals surface area contributed by atoms with Gasteiger partial charge in [-0.25, -0.2) is 0 Å². The summed E-state index contributed by atoms with van der Waals surface area (Å²) >= 11 is 1.84. The summed E-state index contributed by atoms with van der Waals surface area (Å²) in [5.41, 5.74) is 5.96. The van der Waals surface area contributed by atoms with Gasteiger partial charge in [-0.3, -0.25) is 0 Å². The maximum absolute atomic E-state index is 5.96. The minimum atomic E-state index is 0.375. The molecule has 0 amide bonds. The molecule has 0 fully saturated rings. The van der Waals surface area contributed by atoms with Crippen molar-refractivity contribution in [1.82, 2.24) is 0 Å². The van der Waals surface area contributed by atoms with Crippen molar-refractivity contribution in [2.45, 2.75) is 39.2 Å². The van der Waals surface area contributed by atoms with Crippen LogP contribution in [0.2, 0.25) is 0 Å². The summed E-state index contributed by atoms with van der Waals surface area (Å²) in [5, 5.41) is 2.14. The topological polar surface area (TPSA) is 26.0 Å². The molecule has 1 rings (SSSR count). The first-order valence-electron chi connectivity index (χ1n) is 4.98. The van der Waals surface area contributed by atoms with Crippen LogP contribution >= 0.6 is 11.3 Å². The average molecular weight is 197 g/mol. The number of rotatable bonds is 5. The minimum Gasteiger partial charge on any atom is -0.327 e. The quantitative estimate of drug-likeness (QED) is 0.771. The molecule has 1 atom stereocenters. The van der Waals surface area contributed by atoms with E-state index in [1.807, 2.05) is 11.3 Å². The van der Waals surface area contributed by atoms with E-state index in [0.29, 0.717) is 12.0 Å². The van der Waals surface area contributed by atoms with E-state index in [-0.39, 0.29) is 0 Å². The number of thiophene rings is 1. The van der Waals surface area contributed by atoms with Gasteiger partial charge in [0.1, 0.15) is 0 Å². The van der Waals surface area contributed by atoms with Crippen LogP contribution in [0.3, 0.4) is 0 Å². The van der Waals surface area contributed by atoms with Crippen LogP contribution in [0.15, 0.2) is 17.5 Å². The van der Waals surface area contributed by atoms with Crippen LogP contribution in [-0.2, 0) is 6.42 Å². The first-order valence-corrected chi connectivity index (χ1v) is 5.86. The molecule has 2 N–H and O–H groups in total. The molecule has 0 aliphatic carbocycles. The molecule has 74 valence electrons. The summed E-state index contributed by atoms with van der Waals surface area (Å²) in [6.45, 7) is 4.38. The van der Waals surface area contributed by atoms with Crippen molar-refractivity contribution in [1.29, 1.82) is 0 Å². The van der Waals surface area contributed by atoms with E-state index in [0.717, 1.165) is 6.42 Å². The van der Waals surface area contributed by atoms with Crippen LogP contribution < -0.4 is 5.73 Å². The van der Waals surface area contributed by atoms with Gasteiger partial charge in [0, 0.05) is 10.9 Å². The molecule has 0 saturated carbocycles. The van der Waals surface area contributed by atoms with Crippen LogP contribution in [-0.4, -0.2) is 6.04 Å². The predicted molar refractivity (Wildman–Crippen MR) is 60.1 cm³/mol. The Morgan fingerprint density at radius 2 is 2.23 bits per heavy atom. The van der Waals surface area contributed by atoms with E-state index in [2.05, 4.69) is 31.4 Å². The van der Waals surface area contributed by atoms with Gasteiger partial charge < -0.3 is 5.73 Å². The summed E-state index contributed by atoms with van der Waals surface area (Å²) in [6.07, 6.45) is 3.56. The highest BCUT2D eigenvalue weighted by atomic mass is 32.1. The lowest BCUT2D eigenvalue weighted by Crippen LogP contribution is -2.26. The second-order valence-corrected chi connectivity index (χ2v) is 4.91. The van der Waals surface area contributed by atoms with E-state index in [1.54, 1.807) is 0 Å². The molecule has 0 radical (unpaired) electrons. The summed E-state index contributed by atoms with van der Waals surface area (Å²) in [6, 6.07) is 4.69. The van der Waals surface area contributed by atoms with Gasteiger partial charge in [-0.1, -0.05) is 19.9 Å². The van der Waals surface area contributed by atoms with E-state index < -0.39 is 0 Å². The van der Waals surface area contributed by atoms with Crippen molar-refractivity contribution in [2.75, 3.05) is 0 Å². The highest BCUT2D eigenvalue weighted by Crippen LogP contribution is 2.14. The highest BCUT2D eigenvalue weighted by molar-refractivity contribution is 7.09. The average Bonchev–Trinajstić information content (AvgIpc) is 2.56. The molecular formula is C11H19NS. The Morgan fingerprint density at radius 1 is 1.46 bits per heavy atom. The molecule has 1 aromatic rings. The molecule has 0 aliphatic rings. The van der Waals surface area contributed by atoms with Crippen molar-refractivity contribution >= 4 is 11.3 Å². The van der Waals surface area contributed by atoms with Gasteiger partial charge in [-0.15, -0.1) is 11.3 Å². The largest absolute Gasteiger partial charge is 0.327 e. The van der Waals surface area contributed by atoms with Crippen LogP contribution in [0.25, 0.3) is 0 Å². The molecule has 0 aromatic carbocycles. The third kappa shape index (κ3) is 3.92. The van der Waals surface area contributed by atoms with Crippen molar-refractivity contribution in [3.05, 3.63) is 22.4 Å². The number of hydrogen-bond donors (Lipinski definition) is 1. The number of hydrogen-bond acceptors (Lipinski definition) is 2. The van der Waals surface area contributed by atoms with E-state index in [4.69, 9.17) is 5.73 Å². The smallest absolute Gasteiger partial charge is 0.00620 e. The summed E-state index contributed by atoms with van der Waals surface area (Å²) < 4.78 is 0. The Bertz CT molecular complexity index is 216. The molecule has 2 heteroatoms. The van der Waals surface area contributed by atoms with Gasteiger partial charge in [0.25, 0.3) is 0 Å². The molecule has 13 heavy (non-hydrogen) atoms. The number of nitrogens with two attached hydrogens (primary N) is 1. The summed E-state index contributed by atoms with van der Waals surface area (Å²) in [5.74, 6) is 0.614. The van der Waals surface area contributed by atoms with Crippen molar-refractivity contribution in [2.24, 2.45) is 11.7 Å². The van der Waals surface area contributed by atoms with E-state index >= 15 is 0 Å². The Morgan fingerprint density at radius 3 is 2.77 bits per heavy atom. The Labute approximate surface area is 85.0 Å². The molecule has 0 bridgehead atoms. The molecule has 1 heterocycles. The van der Waals surface area contributed by atoms with Crippen LogP contribution in [0.4, 0.5) is 0 Å². The Kier molecular flexibility index (Phi) is 4.46. The monoisotopic (exact) mass is 197 g/mol. The normalized spacial score (nSPS) is 13.5. The second-order valence-electron chi connectivity index (χ2n) is 3.88. The minimum absolute atomic E-state index is 0.375. The van der Waals surface area contributed by atoms with Gasteiger partial charge in [-0.2, -0.15) is 0 Å². The van der Waals surface area contributed by atoms with Gasteiger partial charge in [-0.05, 0) is 36.6 Å². The molecular weight excluding hydrogens is 178 g/mol. The number of aryl methyl sites for hydroxylation is 1. The molecule has 0 spiro atoms. The maximum Gasteiger partial charge on any atom is 0.00620 e. The fourth-order valence-electron chi connectivity index (χ4n) is 1.30. The predicted octanol–water partition coefficient (Wildman–Crippen LogP) is 3.05. The van der Waals surface area contributed by atoms with Gasteiger partial charge in [0.05, 0.1) is 0 Å². The maximum atomic E-state index is 5.96. The zero-order valence-electron chi connectivity index (χ0n) is 8.49. The van der Waals surface area contributed by atoms with Crippen LogP contribution in [0.1, 0.15) is 31.6 Å². The lowest BCUT2D eigenvalue weighted by Gasteiger charge is -2.14. The van der Waals surface area contributed by atoms with Gasteiger partial charge in [0.15, 0.2) is 0 Å². The zero-order valence-corrected chi connectivity index (χ0v) is 9.31. The molecule has 1 aromatic heterocycles. The fourth-order valence-corrected chi connectivity index (χ4v) is 2.05. The summed E-state index contributed by atoms with van der Waals surface area (Å²) in [7, 11) is 0. The first kappa shape index (κ1) is 10.7. The fraction of sp³-hybridized carbons (Fsp3) is 0.636. The Balaban J connectivity index is 2.14. The lowest BCUT2D eigenvalue weighted by molar-refractivity contribution is 0.453. The molecule has 0 saturated heterocycles. The van der Waals surface area contributed by atoms with Crippen molar-refractivity contribution < 1.29 is 0 Å². The van der Waals surface area contributed by atoms with Crippen molar-refractivity contribution in [3.8, 4) is 0 Å². The highest BCUT2D eigenvalue weighted by Gasteiger charge is 2.06. The zero-order chi connectivity index (χ0) is 9.68. The van der Waals surface area contributed by atoms with Gasteiger partial charge >= 0.3 is 0 Å². The van der Waals surface area contributed by atoms with Crippen molar-refractivity contribution in [3.63, 3.8) is 0 Å². The van der Waals surface area contributed by atoms with Gasteiger partial charge in [0.2, 0.25) is 0 Å². The van der Waals surface area contributed by atoms with E-state index in [1.165, 1.54) is 17.7 Å². The van der Waals surface area contributed by atoms with E-state index in [9.17, 15) is 0 Å². The summed E-state index contributed by atoms with van der Waals surface area (Å²) in [4.78, 5) is 1.48. The SMILES string of the molecule is CC(C)C(N)CCCc1cccs1. The third-order valence-corrected chi connectivity index (χ3v) is 3.33. The standard InChI is InChI=1S/C11H19NS/c1-9(2)11(12)7-3-5-10-6-4-8-13-10/h4,6,8-9,11H,3,5,7,12H2,1-2H3. The second kappa shape index (κ2) is 5.40. The van der Waals surface area contributed by atoms with Crippen LogP contribution in [0, 0.1) is 5.92 Å².